The number of aliphatic hydroxyl groups excluding tert-OH is 6. The van der Waals surface area contributed by atoms with Gasteiger partial charge in [0.1, 0.15) is 61.0 Å². The molecule has 3 aliphatic rings. The Morgan fingerprint density at radius 3 is 1.85 bits per heavy atom. The summed E-state index contributed by atoms with van der Waals surface area (Å²) in [5.41, 5.74) is 24.8. The molecular weight excluding hydrogens is 544 g/mol. The standard InChI is InChI=1S/C26H52N4O11/c1-2-3-4-5-6-7-8-37-24-22(40-25-16(30)19(34)17(32)14(10-27)38-25)12(28)9-13(29)23(24)41-26-21(36)20(35)18(33)15(11-31)39-26/h12-26,31-36H,2-11,27-30H2,1H3/t12-,13+,14-,15-,16-,17-,18-,19-,20+,21-,22+,23-,24-,25-,26-/m1/s1. The number of nitrogens with two attached hydrogens (primary N) is 4. The molecule has 0 spiro atoms. The Morgan fingerprint density at radius 1 is 0.683 bits per heavy atom. The van der Waals surface area contributed by atoms with Crippen LogP contribution in [0.3, 0.4) is 0 Å². The van der Waals surface area contributed by atoms with E-state index in [2.05, 4.69) is 6.92 Å². The summed E-state index contributed by atoms with van der Waals surface area (Å²) >= 11 is 0. The molecule has 0 amide bonds. The fraction of sp³-hybridized carbons (Fsp3) is 1.00. The van der Waals surface area contributed by atoms with Crippen LogP contribution in [-0.4, -0.2) is 142 Å². The molecular formula is C26H52N4O11. The van der Waals surface area contributed by atoms with Gasteiger partial charge in [-0.1, -0.05) is 39.0 Å². The quantitative estimate of drug-likeness (QED) is 0.0858. The number of unbranched alkanes of at least 4 members (excludes halogenated alkanes) is 5. The lowest BCUT2D eigenvalue weighted by Crippen LogP contribution is -2.69. The molecule has 0 bridgehead atoms. The zero-order valence-corrected chi connectivity index (χ0v) is 23.8. The summed E-state index contributed by atoms with van der Waals surface area (Å²) in [7, 11) is 0. The normalized spacial score (nSPS) is 45.6. The van der Waals surface area contributed by atoms with E-state index in [0.29, 0.717) is 6.61 Å². The molecule has 15 nitrogen and oxygen atoms in total. The van der Waals surface area contributed by atoms with Crippen molar-refractivity contribution in [1.29, 1.82) is 0 Å². The molecule has 15 atom stereocenters. The minimum absolute atomic E-state index is 0.0901. The molecule has 2 heterocycles. The van der Waals surface area contributed by atoms with Crippen LogP contribution in [0.5, 0.6) is 0 Å². The maximum absolute atomic E-state index is 10.6. The van der Waals surface area contributed by atoms with Crippen molar-refractivity contribution in [3.8, 4) is 0 Å². The Hall–Kier alpha value is -0.600. The minimum Gasteiger partial charge on any atom is -0.394 e. The summed E-state index contributed by atoms with van der Waals surface area (Å²) in [6.07, 6.45) is -8.74. The number of aliphatic hydroxyl groups is 6. The Bertz CT molecular complexity index is 706. The van der Waals surface area contributed by atoms with Gasteiger partial charge in [-0.05, 0) is 12.8 Å². The predicted octanol–water partition coefficient (Wildman–Crippen LogP) is -3.91. The van der Waals surface area contributed by atoms with Crippen molar-refractivity contribution in [3.63, 3.8) is 0 Å². The summed E-state index contributed by atoms with van der Waals surface area (Å²) in [5, 5.41) is 61.3. The van der Waals surface area contributed by atoms with E-state index in [-0.39, 0.29) is 13.0 Å². The Labute approximate surface area is 241 Å². The van der Waals surface area contributed by atoms with Crippen LogP contribution in [0.1, 0.15) is 51.9 Å². The van der Waals surface area contributed by atoms with Crippen LogP contribution in [0.4, 0.5) is 0 Å². The zero-order chi connectivity index (χ0) is 30.3. The Kier molecular flexibility index (Phi) is 14.0. The first-order valence-electron chi connectivity index (χ1n) is 14.8. The molecule has 0 aromatic carbocycles. The van der Waals surface area contributed by atoms with Gasteiger partial charge in [-0.25, -0.2) is 0 Å². The summed E-state index contributed by atoms with van der Waals surface area (Å²) in [5.74, 6) is 0. The third-order valence-electron chi connectivity index (χ3n) is 8.26. The molecule has 41 heavy (non-hydrogen) atoms. The molecule has 2 aliphatic heterocycles. The SMILES string of the molecule is CCCCCCCCO[C@@H]1[C@@H](O[C@H]2O[C@H](CN)[C@@H](O)[C@H](O)[C@H]2N)[C@H](N)C[C@H](N)[C@H]1O[C@H]1O[C@H](CO)[C@@H](O)[C@H](O)[C@H]1O. The maximum atomic E-state index is 10.6. The van der Waals surface area contributed by atoms with Gasteiger partial charge in [0.25, 0.3) is 0 Å². The zero-order valence-electron chi connectivity index (χ0n) is 23.8. The molecule has 14 N–H and O–H groups in total. The molecule has 3 fully saturated rings. The molecule has 15 heteroatoms. The average molecular weight is 597 g/mol. The van der Waals surface area contributed by atoms with Crippen molar-refractivity contribution in [2.75, 3.05) is 19.8 Å². The van der Waals surface area contributed by atoms with E-state index >= 15 is 0 Å². The Morgan fingerprint density at radius 2 is 1.24 bits per heavy atom. The van der Waals surface area contributed by atoms with Crippen LogP contribution in [0.2, 0.25) is 0 Å². The van der Waals surface area contributed by atoms with Gasteiger partial charge in [-0.3, -0.25) is 0 Å². The molecule has 242 valence electrons. The number of rotatable bonds is 14. The van der Waals surface area contributed by atoms with Crippen LogP contribution in [0, 0.1) is 0 Å². The highest BCUT2D eigenvalue weighted by Crippen LogP contribution is 2.33. The largest absolute Gasteiger partial charge is 0.394 e. The minimum atomic E-state index is -1.65. The van der Waals surface area contributed by atoms with Gasteiger partial charge in [-0.2, -0.15) is 0 Å². The molecule has 0 aromatic heterocycles. The van der Waals surface area contributed by atoms with Gasteiger partial charge in [0.05, 0.1) is 12.6 Å². The van der Waals surface area contributed by atoms with Gasteiger partial charge in [0, 0.05) is 25.2 Å². The smallest absolute Gasteiger partial charge is 0.187 e. The van der Waals surface area contributed by atoms with E-state index in [4.69, 9.17) is 46.6 Å². The second-order valence-corrected chi connectivity index (χ2v) is 11.4. The van der Waals surface area contributed by atoms with E-state index < -0.39 is 98.4 Å². The van der Waals surface area contributed by atoms with Crippen molar-refractivity contribution in [1.82, 2.24) is 0 Å². The van der Waals surface area contributed by atoms with Crippen LogP contribution in [0.25, 0.3) is 0 Å². The van der Waals surface area contributed by atoms with E-state index in [1.165, 1.54) is 0 Å². The fourth-order valence-electron chi connectivity index (χ4n) is 5.66. The molecule has 0 unspecified atom stereocenters. The molecule has 2 saturated heterocycles. The molecule has 0 aromatic rings. The average Bonchev–Trinajstić information content (AvgIpc) is 2.95. The van der Waals surface area contributed by atoms with E-state index in [1.807, 2.05) is 0 Å². The molecule has 3 rings (SSSR count). The third kappa shape index (κ3) is 8.53. The van der Waals surface area contributed by atoms with Crippen molar-refractivity contribution in [2.24, 2.45) is 22.9 Å². The first-order valence-corrected chi connectivity index (χ1v) is 14.8. The lowest BCUT2D eigenvalue weighted by Gasteiger charge is -2.49. The van der Waals surface area contributed by atoms with E-state index in [0.717, 1.165) is 38.5 Å². The third-order valence-corrected chi connectivity index (χ3v) is 8.26. The molecule has 1 saturated carbocycles. The van der Waals surface area contributed by atoms with Crippen molar-refractivity contribution < 1.29 is 54.3 Å². The molecule has 1 aliphatic carbocycles. The summed E-state index contributed by atoms with van der Waals surface area (Å²) in [6.45, 7) is 1.75. The lowest BCUT2D eigenvalue weighted by atomic mass is 9.84. The molecule has 0 radical (unpaired) electrons. The first-order chi connectivity index (χ1) is 19.5. The second kappa shape index (κ2) is 16.5. The first kappa shape index (κ1) is 34.9. The van der Waals surface area contributed by atoms with Gasteiger partial charge in [0.15, 0.2) is 12.6 Å². The van der Waals surface area contributed by atoms with Gasteiger partial charge >= 0.3 is 0 Å². The highest BCUT2D eigenvalue weighted by atomic mass is 16.7. The van der Waals surface area contributed by atoms with Crippen LogP contribution < -0.4 is 22.9 Å². The highest BCUT2D eigenvalue weighted by Gasteiger charge is 2.52. The van der Waals surface area contributed by atoms with Crippen molar-refractivity contribution in [2.45, 2.75) is 144 Å². The van der Waals surface area contributed by atoms with E-state index in [1.54, 1.807) is 0 Å². The number of hydrogen-bond donors (Lipinski definition) is 10. The van der Waals surface area contributed by atoms with Crippen molar-refractivity contribution >= 4 is 0 Å². The Balaban J connectivity index is 1.79. The van der Waals surface area contributed by atoms with Crippen LogP contribution in [-0.2, 0) is 23.7 Å². The van der Waals surface area contributed by atoms with Gasteiger partial charge < -0.3 is 77.3 Å². The lowest BCUT2D eigenvalue weighted by molar-refractivity contribution is -0.334. The second-order valence-electron chi connectivity index (χ2n) is 11.4. The van der Waals surface area contributed by atoms with Crippen LogP contribution in [0.15, 0.2) is 0 Å². The summed E-state index contributed by atoms with van der Waals surface area (Å²) < 4.78 is 29.9. The maximum Gasteiger partial charge on any atom is 0.187 e. The van der Waals surface area contributed by atoms with Crippen LogP contribution >= 0.6 is 0 Å². The summed E-state index contributed by atoms with van der Waals surface area (Å²) in [4.78, 5) is 0. The number of ether oxygens (including phenoxy) is 5. The van der Waals surface area contributed by atoms with Gasteiger partial charge in [-0.15, -0.1) is 0 Å². The van der Waals surface area contributed by atoms with E-state index in [9.17, 15) is 30.6 Å². The summed E-state index contributed by atoms with van der Waals surface area (Å²) in [6, 6.07) is -2.51. The van der Waals surface area contributed by atoms with Crippen molar-refractivity contribution in [3.05, 3.63) is 0 Å². The topological polar surface area (TPSA) is 272 Å². The number of hydrogen-bond acceptors (Lipinski definition) is 15. The monoisotopic (exact) mass is 596 g/mol. The fourth-order valence-corrected chi connectivity index (χ4v) is 5.66. The highest BCUT2D eigenvalue weighted by molar-refractivity contribution is 5.02. The van der Waals surface area contributed by atoms with Gasteiger partial charge in [0.2, 0.25) is 0 Å². The predicted molar refractivity (Wildman–Crippen MR) is 145 cm³/mol.